The first-order valence-electron chi connectivity index (χ1n) is 26.2. The number of esters is 3. The Balaban J connectivity index is 4.52. The van der Waals surface area contributed by atoms with Gasteiger partial charge < -0.3 is 14.2 Å². The standard InChI is InChI=1S/C58H96O6/c1-4-7-10-13-16-19-22-25-28-29-31-33-36-39-42-45-48-51-57(60)63-54-55(53-62-56(59)50-47-44-41-38-35-32-27-24-21-18-15-12-9-6-3)64-58(61)52-49-46-43-40-37-34-30-26-23-20-17-14-11-8-5-2/h15-20,24-28,30-31,33,37,40,55H,4-14,21-23,29,32,34-36,38-39,41-54H2,1-3H3/b18-15-,19-16-,20-17-,27-24-,28-25-,30-26-,33-31-,40-37-/t55-/m1/s1. The average Bonchev–Trinajstić information content (AvgIpc) is 3.29. The first-order valence-corrected chi connectivity index (χ1v) is 26.2. The molecule has 0 saturated heterocycles. The average molecular weight is 889 g/mol. The summed E-state index contributed by atoms with van der Waals surface area (Å²) in [6.07, 6.45) is 68.1. The minimum absolute atomic E-state index is 0.109. The summed E-state index contributed by atoms with van der Waals surface area (Å²) >= 11 is 0. The van der Waals surface area contributed by atoms with Crippen molar-refractivity contribution in [2.45, 2.75) is 239 Å². The van der Waals surface area contributed by atoms with E-state index in [1.54, 1.807) is 0 Å². The van der Waals surface area contributed by atoms with Gasteiger partial charge in [-0.15, -0.1) is 0 Å². The second kappa shape index (κ2) is 52.0. The van der Waals surface area contributed by atoms with Crippen LogP contribution in [0.3, 0.4) is 0 Å². The van der Waals surface area contributed by atoms with Crippen LogP contribution >= 0.6 is 0 Å². The highest BCUT2D eigenvalue weighted by Crippen LogP contribution is 2.12. The van der Waals surface area contributed by atoms with Gasteiger partial charge in [0.25, 0.3) is 0 Å². The van der Waals surface area contributed by atoms with E-state index in [0.717, 1.165) is 116 Å². The predicted octanol–water partition coefficient (Wildman–Crippen LogP) is 17.4. The normalized spacial score (nSPS) is 12.9. The van der Waals surface area contributed by atoms with Crippen molar-refractivity contribution in [3.8, 4) is 0 Å². The van der Waals surface area contributed by atoms with Crippen LogP contribution in [-0.2, 0) is 28.6 Å². The van der Waals surface area contributed by atoms with Gasteiger partial charge in [0.2, 0.25) is 0 Å². The third-order valence-corrected chi connectivity index (χ3v) is 10.8. The molecule has 0 aromatic rings. The Morgan fingerprint density at radius 1 is 0.312 bits per heavy atom. The first-order chi connectivity index (χ1) is 31.5. The summed E-state index contributed by atoms with van der Waals surface area (Å²) in [7, 11) is 0. The fourth-order valence-electron chi connectivity index (χ4n) is 6.76. The van der Waals surface area contributed by atoms with Crippen LogP contribution in [-0.4, -0.2) is 37.2 Å². The third kappa shape index (κ3) is 49.3. The van der Waals surface area contributed by atoms with E-state index >= 15 is 0 Å². The fourth-order valence-corrected chi connectivity index (χ4v) is 6.76. The lowest BCUT2D eigenvalue weighted by Crippen LogP contribution is -2.30. The molecule has 1 atom stereocenters. The summed E-state index contributed by atoms with van der Waals surface area (Å²) in [5.74, 6) is -0.986. The number of ether oxygens (including phenoxy) is 3. The Kier molecular flexibility index (Phi) is 49.0. The minimum atomic E-state index is -0.813. The molecule has 6 nitrogen and oxygen atoms in total. The van der Waals surface area contributed by atoms with Gasteiger partial charge in [0.15, 0.2) is 6.10 Å². The molecule has 0 saturated carbocycles. The molecule has 0 bridgehead atoms. The summed E-state index contributed by atoms with van der Waals surface area (Å²) in [4.78, 5) is 38.0. The quantitative estimate of drug-likeness (QED) is 0.0262. The lowest BCUT2D eigenvalue weighted by Gasteiger charge is -2.18. The van der Waals surface area contributed by atoms with Crippen LogP contribution in [0.5, 0.6) is 0 Å². The van der Waals surface area contributed by atoms with Crippen molar-refractivity contribution < 1.29 is 28.6 Å². The maximum atomic E-state index is 12.8. The molecule has 0 radical (unpaired) electrons. The van der Waals surface area contributed by atoms with Crippen molar-refractivity contribution >= 4 is 17.9 Å². The number of hydrogen-bond acceptors (Lipinski definition) is 6. The molecule has 0 aliphatic carbocycles. The Labute approximate surface area is 394 Å². The Bertz CT molecular complexity index is 1300. The van der Waals surface area contributed by atoms with Crippen LogP contribution in [0.25, 0.3) is 0 Å². The molecule has 64 heavy (non-hydrogen) atoms. The van der Waals surface area contributed by atoms with Gasteiger partial charge in [-0.25, -0.2) is 0 Å². The molecule has 0 fully saturated rings. The van der Waals surface area contributed by atoms with Gasteiger partial charge in [0.1, 0.15) is 13.2 Å². The minimum Gasteiger partial charge on any atom is -0.462 e. The van der Waals surface area contributed by atoms with Gasteiger partial charge in [-0.1, -0.05) is 189 Å². The fraction of sp³-hybridized carbons (Fsp3) is 0.672. The lowest BCUT2D eigenvalue weighted by atomic mass is 10.1. The van der Waals surface area contributed by atoms with Crippen LogP contribution < -0.4 is 0 Å². The van der Waals surface area contributed by atoms with Gasteiger partial charge in [-0.05, 0) is 122 Å². The van der Waals surface area contributed by atoms with Gasteiger partial charge in [-0.2, -0.15) is 0 Å². The molecule has 0 spiro atoms. The first kappa shape index (κ1) is 60.3. The SMILES string of the molecule is CCCC/C=C\C/C=C\CCCCCCCC(=O)OC[C@H](COC(=O)CCCCCC/C=C\C/C=C\C/C=C\CCCCC)OC(=O)CCCC/C=C\C/C=C\C/C=C\CCCCC. The van der Waals surface area contributed by atoms with Crippen molar-refractivity contribution in [2.24, 2.45) is 0 Å². The van der Waals surface area contributed by atoms with Crippen molar-refractivity contribution in [2.75, 3.05) is 13.2 Å². The summed E-state index contributed by atoms with van der Waals surface area (Å²) < 4.78 is 16.7. The second-order valence-corrected chi connectivity index (χ2v) is 17.1. The Morgan fingerprint density at radius 3 is 0.953 bits per heavy atom. The van der Waals surface area contributed by atoms with Gasteiger partial charge >= 0.3 is 17.9 Å². The predicted molar refractivity (Wildman–Crippen MR) is 274 cm³/mol. The molecule has 0 heterocycles. The van der Waals surface area contributed by atoms with E-state index in [1.807, 2.05) is 0 Å². The molecule has 0 aliphatic heterocycles. The van der Waals surface area contributed by atoms with Crippen LogP contribution in [0.15, 0.2) is 97.2 Å². The molecule has 0 amide bonds. The summed E-state index contributed by atoms with van der Waals surface area (Å²) in [6.45, 7) is 6.47. The van der Waals surface area contributed by atoms with Crippen molar-refractivity contribution in [1.29, 1.82) is 0 Å². The zero-order chi connectivity index (χ0) is 46.5. The van der Waals surface area contributed by atoms with Crippen LogP contribution in [0.4, 0.5) is 0 Å². The zero-order valence-corrected chi connectivity index (χ0v) is 41.5. The Morgan fingerprint density at radius 2 is 0.578 bits per heavy atom. The molecule has 0 aromatic carbocycles. The van der Waals surface area contributed by atoms with E-state index in [2.05, 4.69) is 118 Å². The van der Waals surface area contributed by atoms with Crippen LogP contribution in [0, 0.1) is 0 Å². The van der Waals surface area contributed by atoms with Crippen LogP contribution in [0.2, 0.25) is 0 Å². The van der Waals surface area contributed by atoms with E-state index < -0.39 is 6.10 Å². The van der Waals surface area contributed by atoms with E-state index in [0.29, 0.717) is 19.3 Å². The molecule has 0 N–H and O–H groups in total. The number of carbonyl (C=O) groups excluding carboxylic acids is 3. The molecular weight excluding hydrogens is 793 g/mol. The zero-order valence-electron chi connectivity index (χ0n) is 41.5. The number of hydrogen-bond donors (Lipinski definition) is 0. The summed E-state index contributed by atoms with van der Waals surface area (Å²) in [5.41, 5.74) is 0. The third-order valence-electron chi connectivity index (χ3n) is 10.8. The molecule has 0 aromatic heterocycles. The smallest absolute Gasteiger partial charge is 0.306 e. The maximum Gasteiger partial charge on any atom is 0.306 e. The lowest BCUT2D eigenvalue weighted by molar-refractivity contribution is -0.167. The van der Waals surface area contributed by atoms with Crippen molar-refractivity contribution in [3.63, 3.8) is 0 Å². The van der Waals surface area contributed by atoms with E-state index in [1.165, 1.54) is 70.6 Å². The summed E-state index contributed by atoms with van der Waals surface area (Å²) in [6, 6.07) is 0. The highest BCUT2D eigenvalue weighted by molar-refractivity contribution is 5.71. The van der Waals surface area contributed by atoms with Crippen molar-refractivity contribution in [3.05, 3.63) is 97.2 Å². The summed E-state index contributed by atoms with van der Waals surface area (Å²) in [5, 5.41) is 0. The van der Waals surface area contributed by atoms with E-state index in [4.69, 9.17) is 14.2 Å². The number of unbranched alkanes of at least 4 members (excludes halogenated alkanes) is 19. The monoisotopic (exact) mass is 889 g/mol. The molecule has 0 unspecified atom stereocenters. The maximum absolute atomic E-state index is 12.8. The topological polar surface area (TPSA) is 78.9 Å². The number of rotatable bonds is 46. The number of carbonyl (C=O) groups is 3. The molecule has 0 aliphatic rings. The number of allylic oxidation sites excluding steroid dienone is 16. The van der Waals surface area contributed by atoms with E-state index in [9.17, 15) is 14.4 Å². The van der Waals surface area contributed by atoms with Gasteiger partial charge in [0, 0.05) is 19.3 Å². The van der Waals surface area contributed by atoms with E-state index in [-0.39, 0.29) is 37.5 Å². The Hall–Kier alpha value is -3.67. The van der Waals surface area contributed by atoms with Gasteiger partial charge in [0.05, 0.1) is 0 Å². The highest BCUT2D eigenvalue weighted by atomic mass is 16.6. The molecule has 6 heteroatoms. The largest absolute Gasteiger partial charge is 0.462 e. The van der Waals surface area contributed by atoms with Crippen LogP contribution in [0.1, 0.15) is 233 Å². The highest BCUT2D eigenvalue weighted by Gasteiger charge is 2.19. The van der Waals surface area contributed by atoms with Gasteiger partial charge in [-0.3, -0.25) is 14.4 Å². The molecule has 364 valence electrons. The molecule has 0 rings (SSSR count). The second-order valence-electron chi connectivity index (χ2n) is 17.1. The molecular formula is C58H96O6. The van der Waals surface area contributed by atoms with Crippen molar-refractivity contribution in [1.82, 2.24) is 0 Å².